The van der Waals surface area contributed by atoms with Crippen LogP contribution < -0.4 is 10.6 Å². The summed E-state index contributed by atoms with van der Waals surface area (Å²) in [5.74, 6) is 0.862. The van der Waals surface area contributed by atoms with E-state index in [1.807, 2.05) is 20.2 Å². The molecular weight excluding hydrogens is 294 g/mol. The van der Waals surface area contributed by atoms with Gasteiger partial charge in [-0.25, -0.2) is 4.98 Å². The van der Waals surface area contributed by atoms with Gasteiger partial charge in [-0.1, -0.05) is 13.8 Å². The van der Waals surface area contributed by atoms with Crippen LogP contribution >= 0.6 is 11.3 Å². The van der Waals surface area contributed by atoms with Crippen molar-refractivity contribution in [3.05, 3.63) is 16.1 Å². The van der Waals surface area contributed by atoms with Gasteiger partial charge in [-0.15, -0.1) is 11.3 Å². The maximum Gasteiger partial charge on any atom is 0.191 e. The molecule has 0 aliphatic heterocycles. The van der Waals surface area contributed by atoms with Crippen LogP contribution in [-0.4, -0.2) is 48.6 Å². The van der Waals surface area contributed by atoms with Gasteiger partial charge in [0.2, 0.25) is 0 Å². The average Bonchev–Trinajstić information content (AvgIpc) is 2.93. The molecule has 6 heteroatoms. The van der Waals surface area contributed by atoms with E-state index in [0.717, 1.165) is 37.0 Å². The quantitative estimate of drug-likeness (QED) is 0.541. The van der Waals surface area contributed by atoms with E-state index in [-0.39, 0.29) is 0 Å². The van der Waals surface area contributed by atoms with Crippen LogP contribution in [-0.2, 0) is 6.54 Å². The minimum absolute atomic E-state index is 0.421. The molecule has 0 aliphatic rings. The first-order valence-electron chi connectivity index (χ1n) is 8.19. The second-order valence-corrected chi connectivity index (χ2v) is 6.81. The first-order valence-corrected chi connectivity index (χ1v) is 9.01. The molecule has 1 aromatic rings. The molecule has 5 nitrogen and oxygen atoms in total. The van der Waals surface area contributed by atoms with Crippen LogP contribution in [0.15, 0.2) is 11.2 Å². The van der Waals surface area contributed by atoms with Crippen LogP contribution in [0.25, 0.3) is 0 Å². The van der Waals surface area contributed by atoms with Crippen molar-refractivity contribution in [3.63, 3.8) is 0 Å². The molecule has 0 saturated heterocycles. The lowest BCUT2D eigenvalue weighted by Crippen LogP contribution is -2.42. The Balaban J connectivity index is 2.26. The summed E-state index contributed by atoms with van der Waals surface area (Å²) in [7, 11) is 1.82. The van der Waals surface area contributed by atoms with E-state index in [1.165, 1.54) is 17.8 Å². The zero-order chi connectivity index (χ0) is 16.4. The lowest BCUT2D eigenvalue weighted by atomic mass is 10.2. The van der Waals surface area contributed by atoms with Gasteiger partial charge in [0, 0.05) is 24.2 Å². The van der Waals surface area contributed by atoms with Gasteiger partial charge in [0.1, 0.15) is 0 Å². The van der Waals surface area contributed by atoms with Gasteiger partial charge in [0.05, 0.1) is 11.6 Å². The second-order valence-electron chi connectivity index (χ2n) is 5.49. The number of guanidine groups is 1. The molecule has 0 amide bonds. The first-order chi connectivity index (χ1) is 10.6. The Morgan fingerprint density at radius 2 is 2.14 bits per heavy atom. The fourth-order valence-electron chi connectivity index (χ4n) is 2.32. The number of hydrogen-bond acceptors (Lipinski definition) is 4. The number of aliphatic imine (C=N–C) groups is 1. The van der Waals surface area contributed by atoms with E-state index < -0.39 is 0 Å². The van der Waals surface area contributed by atoms with Gasteiger partial charge in [0.15, 0.2) is 5.96 Å². The second kappa shape index (κ2) is 10.6. The van der Waals surface area contributed by atoms with Crippen LogP contribution in [0.4, 0.5) is 0 Å². The molecule has 0 spiro atoms. The van der Waals surface area contributed by atoms with Crippen molar-refractivity contribution in [2.45, 2.75) is 53.1 Å². The number of hydrogen-bond donors (Lipinski definition) is 2. The fourth-order valence-corrected chi connectivity index (χ4v) is 3.05. The van der Waals surface area contributed by atoms with Gasteiger partial charge in [0.25, 0.3) is 0 Å². The zero-order valence-electron chi connectivity index (χ0n) is 14.6. The van der Waals surface area contributed by atoms with Crippen molar-refractivity contribution in [3.8, 4) is 0 Å². The number of aromatic nitrogens is 1. The molecule has 1 aromatic heterocycles. The van der Waals surface area contributed by atoms with Crippen LogP contribution in [0.5, 0.6) is 0 Å². The third-order valence-corrected chi connectivity index (χ3v) is 4.62. The predicted molar refractivity (Wildman–Crippen MR) is 96.7 cm³/mol. The first kappa shape index (κ1) is 18.9. The Labute approximate surface area is 139 Å². The van der Waals surface area contributed by atoms with Gasteiger partial charge < -0.3 is 15.5 Å². The molecule has 1 atom stereocenters. The van der Waals surface area contributed by atoms with Gasteiger partial charge in [-0.05, 0) is 46.3 Å². The number of aryl methyl sites for hydroxylation is 1. The largest absolute Gasteiger partial charge is 0.354 e. The summed E-state index contributed by atoms with van der Waals surface area (Å²) in [5, 5.41) is 7.91. The SMILES string of the molecule is CCN(CC)CCCC(C)NC(=NC)NCc1cnc(C)s1. The van der Waals surface area contributed by atoms with E-state index in [1.54, 1.807) is 11.3 Å². The standard InChI is InChI=1S/C16H31N5S/c1-6-21(7-2)10-8-9-13(3)20-16(17-5)19-12-15-11-18-14(4)22-15/h11,13H,6-10,12H2,1-5H3,(H2,17,19,20). The minimum Gasteiger partial charge on any atom is -0.354 e. The summed E-state index contributed by atoms with van der Waals surface area (Å²) >= 11 is 1.72. The van der Waals surface area contributed by atoms with E-state index >= 15 is 0 Å². The molecule has 0 fully saturated rings. The van der Waals surface area contributed by atoms with E-state index in [2.05, 4.69) is 46.3 Å². The zero-order valence-corrected chi connectivity index (χ0v) is 15.5. The van der Waals surface area contributed by atoms with Crippen molar-refractivity contribution in [1.29, 1.82) is 0 Å². The lowest BCUT2D eigenvalue weighted by molar-refractivity contribution is 0.292. The Morgan fingerprint density at radius 1 is 1.41 bits per heavy atom. The maximum atomic E-state index is 4.29. The number of rotatable bonds is 9. The summed E-state index contributed by atoms with van der Waals surface area (Å²) in [6, 6.07) is 0.421. The third-order valence-electron chi connectivity index (χ3n) is 3.71. The van der Waals surface area contributed by atoms with Crippen molar-refractivity contribution in [2.24, 2.45) is 4.99 Å². The summed E-state index contributed by atoms with van der Waals surface area (Å²) in [6.07, 6.45) is 4.28. The topological polar surface area (TPSA) is 52.5 Å². The molecule has 22 heavy (non-hydrogen) atoms. The summed E-state index contributed by atoms with van der Waals surface area (Å²) in [5.41, 5.74) is 0. The van der Waals surface area contributed by atoms with E-state index in [0.29, 0.717) is 6.04 Å². The maximum absolute atomic E-state index is 4.29. The highest BCUT2D eigenvalue weighted by atomic mass is 32.1. The minimum atomic E-state index is 0.421. The summed E-state index contributed by atoms with van der Waals surface area (Å²) in [4.78, 5) is 12.3. The highest BCUT2D eigenvalue weighted by Crippen LogP contribution is 2.10. The molecule has 1 heterocycles. The van der Waals surface area contributed by atoms with E-state index in [4.69, 9.17) is 0 Å². The van der Waals surface area contributed by atoms with Crippen molar-refractivity contribution in [2.75, 3.05) is 26.7 Å². The van der Waals surface area contributed by atoms with Gasteiger partial charge in [-0.3, -0.25) is 4.99 Å². The highest BCUT2D eigenvalue weighted by molar-refractivity contribution is 7.11. The molecule has 126 valence electrons. The molecule has 0 radical (unpaired) electrons. The molecule has 0 aliphatic carbocycles. The highest BCUT2D eigenvalue weighted by Gasteiger charge is 2.07. The molecule has 0 saturated carbocycles. The molecule has 0 bridgehead atoms. The molecule has 1 unspecified atom stereocenters. The summed E-state index contributed by atoms with van der Waals surface area (Å²) in [6.45, 7) is 12.9. The van der Waals surface area contributed by atoms with E-state index in [9.17, 15) is 0 Å². The normalized spacial score (nSPS) is 13.5. The Morgan fingerprint density at radius 3 is 2.68 bits per heavy atom. The third kappa shape index (κ3) is 7.22. The monoisotopic (exact) mass is 325 g/mol. The average molecular weight is 326 g/mol. The van der Waals surface area contributed by atoms with Crippen LogP contribution in [0.2, 0.25) is 0 Å². The molecule has 1 rings (SSSR count). The number of nitrogens with one attached hydrogen (secondary N) is 2. The predicted octanol–water partition coefficient (Wildman–Crippen LogP) is 2.63. The molecule has 0 aromatic carbocycles. The number of thiazole rings is 1. The Hall–Kier alpha value is -1.14. The van der Waals surface area contributed by atoms with Crippen molar-refractivity contribution >= 4 is 17.3 Å². The smallest absolute Gasteiger partial charge is 0.191 e. The fraction of sp³-hybridized carbons (Fsp3) is 0.750. The van der Waals surface area contributed by atoms with Gasteiger partial charge >= 0.3 is 0 Å². The summed E-state index contributed by atoms with van der Waals surface area (Å²) < 4.78 is 0. The molecular formula is C16H31N5S. The van der Waals surface area contributed by atoms with Crippen molar-refractivity contribution < 1.29 is 0 Å². The van der Waals surface area contributed by atoms with Crippen LogP contribution in [0, 0.1) is 6.92 Å². The lowest BCUT2D eigenvalue weighted by Gasteiger charge is -2.21. The van der Waals surface area contributed by atoms with Crippen LogP contribution in [0.1, 0.15) is 43.5 Å². The van der Waals surface area contributed by atoms with Crippen molar-refractivity contribution in [1.82, 2.24) is 20.5 Å². The Kier molecular flexibility index (Phi) is 9.08. The molecule has 2 N–H and O–H groups in total. The van der Waals surface area contributed by atoms with Gasteiger partial charge in [-0.2, -0.15) is 0 Å². The number of nitrogens with zero attached hydrogens (tertiary/aromatic N) is 3. The van der Waals surface area contributed by atoms with Crippen LogP contribution in [0.3, 0.4) is 0 Å². The Bertz CT molecular complexity index is 439.